The molecule has 0 aromatic heterocycles. The van der Waals surface area contributed by atoms with Crippen LogP contribution in [0, 0.1) is 27.1 Å². The molecule has 1 N–H and O–H groups in total. The molecule has 4 aliphatic rings. The average Bonchev–Trinajstić information content (AvgIpc) is 3.25. The van der Waals surface area contributed by atoms with E-state index in [1.807, 2.05) is 0 Å². The molecule has 2 amide bonds. The number of nitrogens with zero attached hydrogens (tertiary/aromatic N) is 1. The Morgan fingerprint density at radius 3 is 2.17 bits per heavy atom. The third-order valence-electron chi connectivity index (χ3n) is 8.92. The lowest BCUT2D eigenvalue weighted by Gasteiger charge is -2.45. The highest BCUT2D eigenvalue weighted by Gasteiger charge is 3.00. The molecule has 4 rings (SSSR count). The van der Waals surface area contributed by atoms with Crippen molar-refractivity contribution in [2.45, 2.75) is 78.6 Å². The molecule has 3 aliphatic carbocycles. The van der Waals surface area contributed by atoms with E-state index in [0.717, 1.165) is 6.42 Å². The van der Waals surface area contributed by atoms with Gasteiger partial charge in [-0.05, 0) is 30.1 Å². The van der Waals surface area contributed by atoms with Crippen molar-refractivity contribution in [2.75, 3.05) is 6.54 Å². The highest BCUT2D eigenvalue weighted by Crippen LogP contribution is 3.00. The van der Waals surface area contributed by atoms with Gasteiger partial charge in [-0.1, -0.05) is 47.1 Å². The van der Waals surface area contributed by atoms with E-state index < -0.39 is 29.0 Å². The van der Waals surface area contributed by atoms with E-state index in [2.05, 4.69) is 25.7 Å². The highest BCUT2D eigenvalue weighted by molar-refractivity contribution is 5.92. The number of carbonyl (C=O) groups is 2. The van der Waals surface area contributed by atoms with E-state index in [0.29, 0.717) is 13.0 Å². The van der Waals surface area contributed by atoms with Crippen LogP contribution in [0.2, 0.25) is 0 Å². The fraction of sp³-hybridized carbons (Fsp3) is 0.818. The Morgan fingerprint density at radius 1 is 1.21 bits per heavy atom. The van der Waals surface area contributed by atoms with Crippen molar-refractivity contribution in [3.63, 3.8) is 0 Å². The summed E-state index contributed by atoms with van der Waals surface area (Å²) in [7, 11) is 0. The van der Waals surface area contributed by atoms with Crippen LogP contribution >= 0.6 is 0 Å². The SMILES string of the molecule is C=C[C@H]1N(C(=O)[C@@H](NC(=O)C2(C(F)(F)F)CCC2)C(C)(C)C)CC23CC12C3(C)C. The molecule has 29 heavy (non-hydrogen) atoms. The second-order valence-corrected chi connectivity index (χ2v) is 11.2. The van der Waals surface area contributed by atoms with Crippen molar-refractivity contribution in [2.24, 2.45) is 27.1 Å². The number of carbonyl (C=O) groups excluding carboxylic acids is 2. The molecule has 7 heteroatoms. The van der Waals surface area contributed by atoms with Crippen LogP contribution in [-0.2, 0) is 9.59 Å². The van der Waals surface area contributed by atoms with E-state index in [1.54, 1.807) is 31.7 Å². The second kappa shape index (κ2) is 5.38. The van der Waals surface area contributed by atoms with E-state index >= 15 is 0 Å². The minimum Gasteiger partial charge on any atom is -0.343 e. The normalized spacial score (nSPS) is 37.0. The average molecular weight is 412 g/mol. The van der Waals surface area contributed by atoms with Gasteiger partial charge in [-0.2, -0.15) is 13.2 Å². The van der Waals surface area contributed by atoms with Crippen LogP contribution in [0.25, 0.3) is 0 Å². The van der Waals surface area contributed by atoms with Gasteiger partial charge in [-0.3, -0.25) is 9.59 Å². The molecule has 3 saturated carbocycles. The van der Waals surface area contributed by atoms with Gasteiger partial charge in [-0.25, -0.2) is 0 Å². The van der Waals surface area contributed by atoms with Crippen molar-refractivity contribution in [3.05, 3.63) is 12.7 Å². The zero-order valence-corrected chi connectivity index (χ0v) is 17.9. The standard InChI is InChI=1S/C22H31F3N2O2/c1-7-13-21-11-20(21,18(21,5)6)12-27(13)15(28)14(17(2,3)4)26-16(29)19(9-8-10-19)22(23,24)25/h7,13-14H,1,8-12H2,2-6H3,(H,26,29)/t13-,14-,20?,21?/m1/s1. The highest BCUT2D eigenvalue weighted by atomic mass is 19.4. The Balaban J connectivity index is 1.57. The second-order valence-electron chi connectivity index (χ2n) is 11.2. The first-order valence-electron chi connectivity index (χ1n) is 10.4. The van der Waals surface area contributed by atoms with Gasteiger partial charge in [0.1, 0.15) is 11.5 Å². The van der Waals surface area contributed by atoms with Crippen molar-refractivity contribution in [1.82, 2.24) is 10.2 Å². The number of piperidine rings is 2. The van der Waals surface area contributed by atoms with Crippen LogP contribution in [-0.4, -0.2) is 41.5 Å². The van der Waals surface area contributed by atoms with Gasteiger partial charge in [0, 0.05) is 17.4 Å². The molecule has 0 aromatic rings. The first kappa shape index (κ1) is 20.7. The van der Waals surface area contributed by atoms with Gasteiger partial charge < -0.3 is 10.2 Å². The molecule has 4 fully saturated rings. The van der Waals surface area contributed by atoms with Gasteiger partial charge in [0.25, 0.3) is 0 Å². The molecule has 1 heterocycles. The first-order valence-corrected chi connectivity index (χ1v) is 10.4. The third-order valence-corrected chi connectivity index (χ3v) is 8.92. The summed E-state index contributed by atoms with van der Waals surface area (Å²) in [6.07, 6.45) is -1.81. The molecule has 162 valence electrons. The van der Waals surface area contributed by atoms with Crippen molar-refractivity contribution in [1.29, 1.82) is 0 Å². The lowest BCUT2D eigenvalue weighted by molar-refractivity contribution is -0.243. The first-order chi connectivity index (χ1) is 13.1. The molecule has 1 aliphatic heterocycles. The van der Waals surface area contributed by atoms with Crippen LogP contribution in [0.1, 0.15) is 60.3 Å². The molecule has 1 saturated heterocycles. The van der Waals surface area contributed by atoms with E-state index in [9.17, 15) is 22.8 Å². The summed E-state index contributed by atoms with van der Waals surface area (Å²) in [5, 5.41) is 2.52. The van der Waals surface area contributed by atoms with Crippen LogP contribution in [0.3, 0.4) is 0 Å². The Bertz CT molecular complexity index is 793. The number of likely N-dealkylation sites (tertiary alicyclic amines) is 1. The third kappa shape index (κ3) is 2.17. The molecule has 0 radical (unpaired) electrons. The summed E-state index contributed by atoms with van der Waals surface area (Å²) in [6, 6.07) is -1.14. The Labute approximate surface area is 170 Å². The fourth-order valence-corrected chi connectivity index (χ4v) is 6.57. The molecular formula is C22H31F3N2O2. The van der Waals surface area contributed by atoms with Crippen molar-refractivity contribution >= 4 is 11.8 Å². The van der Waals surface area contributed by atoms with Crippen molar-refractivity contribution < 1.29 is 22.8 Å². The summed E-state index contributed by atoms with van der Waals surface area (Å²) in [5.41, 5.74) is -2.77. The summed E-state index contributed by atoms with van der Waals surface area (Å²) in [5.74, 6) is -1.36. The molecular weight excluding hydrogens is 381 g/mol. The van der Waals surface area contributed by atoms with Crippen LogP contribution in [0.15, 0.2) is 12.7 Å². The number of alkyl halides is 3. The number of nitrogens with one attached hydrogen (secondary N) is 1. The lowest BCUT2D eigenvalue weighted by Crippen LogP contribution is -2.63. The smallest absolute Gasteiger partial charge is 0.343 e. The maximum absolute atomic E-state index is 13.6. The van der Waals surface area contributed by atoms with Gasteiger partial charge in [-0.15, -0.1) is 6.58 Å². The minimum absolute atomic E-state index is 0.0466. The van der Waals surface area contributed by atoms with Gasteiger partial charge in [0.15, 0.2) is 0 Å². The summed E-state index contributed by atoms with van der Waals surface area (Å²) < 4.78 is 40.8. The molecule has 2 unspecified atom stereocenters. The zero-order valence-electron chi connectivity index (χ0n) is 17.9. The number of halogens is 3. The summed E-state index contributed by atoms with van der Waals surface area (Å²) >= 11 is 0. The predicted octanol–water partition coefficient (Wildman–Crippen LogP) is 4.06. The van der Waals surface area contributed by atoms with Gasteiger partial charge in [0.05, 0.1) is 6.04 Å². The molecule has 0 aromatic carbocycles. The fourth-order valence-electron chi connectivity index (χ4n) is 6.57. The number of rotatable bonds is 4. The van der Waals surface area contributed by atoms with E-state index in [-0.39, 0.29) is 41.0 Å². The maximum Gasteiger partial charge on any atom is 0.403 e. The topological polar surface area (TPSA) is 49.4 Å². The summed E-state index contributed by atoms with van der Waals surface area (Å²) in [4.78, 5) is 28.0. The molecule has 4 atom stereocenters. The number of hydrogen-bond acceptors (Lipinski definition) is 2. The molecule has 4 nitrogen and oxygen atoms in total. The Morgan fingerprint density at radius 2 is 1.79 bits per heavy atom. The van der Waals surface area contributed by atoms with E-state index in [1.165, 1.54) is 0 Å². The summed E-state index contributed by atoms with van der Waals surface area (Å²) in [6.45, 7) is 14.3. The van der Waals surface area contributed by atoms with E-state index in [4.69, 9.17) is 0 Å². The number of amides is 2. The minimum atomic E-state index is -4.61. The quantitative estimate of drug-likeness (QED) is 0.708. The number of hydrogen-bond donors (Lipinski definition) is 1. The van der Waals surface area contributed by atoms with Gasteiger partial charge >= 0.3 is 6.18 Å². The predicted molar refractivity (Wildman–Crippen MR) is 103 cm³/mol. The van der Waals surface area contributed by atoms with Crippen molar-refractivity contribution in [3.8, 4) is 0 Å². The largest absolute Gasteiger partial charge is 0.403 e. The van der Waals surface area contributed by atoms with Crippen LogP contribution in [0.5, 0.6) is 0 Å². The molecule has 0 bridgehead atoms. The van der Waals surface area contributed by atoms with Gasteiger partial charge in [0.2, 0.25) is 11.8 Å². The lowest BCUT2D eigenvalue weighted by atomic mass is 9.67. The van der Waals surface area contributed by atoms with Crippen LogP contribution in [0.4, 0.5) is 13.2 Å². The zero-order chi connectivity index (χ0) is 21.8. The maximum atomic E-state index is 13.6. The Hall–Kier alpha value is -1.53. The van der Waals surface area contributed by atoms with Crippen LogP contribution < -0.4 is 5.32 Å². The Kier molecular flexibility index (Phi) is 3.85. The molecule has 0 spiro atoms. The monoisotopic (exact) mass is 412 g/mol.